The van der Waals surface area contributed by atoms with Gasteiger partial charge in [-0.3, -0.25) is 14.1 Å². The number of nitriles is 1. The predicted molar refractivity (Wildman–Crippen MR) is 189 cm³/mol. The van der Waals surface area contributed by atoms with Gasteiger partial charge in [-0.05, 0) is 81.3 Å². The summed E-state index contributed by atoms with van der Waals surface area (Å²) >= 11 is 7.68. The van der Waals surface area contributed by atoms with Crippen LogP contribution in [0.15, 0.2) is 83.8 Å². The fourth-order valence-electron chi connectivity index (χ4n) is 4.40. The fraction of sp³-hybridized carbons (Fsp3) is 0.206. The van der Waals surface area contributed by atoms with Crippen LogP contribution in [-0.4, -0.2) is 47.4 Å². The molecule has 1 fully saturated rings. The smallest absolute Gasteiger partial charge is 0.294 e. The number of hydrogen-bond donors (Lipinski definition) is 3. The van der Waals surface area contributed by atoms with Crippen molar-refractivity contribution in [3.8, 4) is 11.8 Å². The number of anilines is 4. The van der Waals surface area contributed by atoms with E-state index in [9.17, 15) is 27.7 Å². The average Bonchev–Trinajstić information content (AvgIpc) is 3.86. The maximum atomic E-state index is 14.8. The molecule has 0 radical (unpaired) electrons. The highest BCUT2D eigenvalue weighted by atomic mass is 35.5. The SMILES string of the molecule is CN(c1ccc(F)c(NC(=O)c2cccc(OC(C)(C)C#N)c2Cl)c1)c1ccc2nc(NC(=O)C3CC3)sc2n1.O=S(=O)(O)c1ccccc1. The zero-order valence-electron chi connectivity index (χ0n) is 26.8. The number of carbonyl (C=O) groups excluding carboxylic acids is 2. The van der Waals surface area contributed by atoms with Crippen LogP contribution in [0.5, 0.6) is 5.75 Å². The molecule has 50 heavy (non-hydrogen) atoms. The standard InChI is InChI=1S/C28H24ClFN6O3S.C6H6O3S/c1-28(2,14-31)39-21-6-4-5-17(23(21)29)25(38)32-20-13-16(9-10-18(20)30)36(3)22-12-11-19-26(34-22)40-27(33-19)35-24(37)15-7-8-15;7-10(8,9)6-4-2-1-3-5-6/h4-6,9-13,15H,7-8H2,1-3H3,(H,32,38)(H,33,35,37);1-5H,(H,7,8,9). The van der Waals surface area contributed by atoms with E-state index in [0.29, 0.717) is 27.0 Å². The molecular formula is C34H30ClFN6O6S2. The first-order chi connectivity index (χ1) is 23.6. The van der Waals surface area contributed by atoms with Crippen LogP contribution in [0.25, 0.3) is 10.3 Å². The number of halogens is 2. The summed E-state index contributed by atoms with van der Waals surface area (Å²) in [5.41, 5.74) is 0.0633. The molecule has 12 nitrogen and oxygen atoms in total. The number of amides is 2. The maximum Gasteiger partial charge on any atom is 0.294 e. The summed E-state index contributed by atoms with van der Waals surface area (Å²) in [4.78, 5) is 36.5. The minimum Gasteiger partial charge on any atom is -0.471 e. The van der Waals surface area contributed by atoms with Gasteiger partial charge in [0, 0.05) is 18.7 Å². The lowest BCUT2D eigenvalue weighted by molar-refractivity contribution is -0.117. The monoisotopic (exact) mass is 736 g/mol. The van der Waals surface area contributed by atoms with Crippen molar-refractivity contribution in [2.24, 2.45) is 5.92 Å². The largest absolute Gasteiger partial charge is 0.471 e. The Hall–Kier alpha value is -5.14. The van der Waals surface area contributed by atoms with Gasteiger partial charge in [0.15, 0.2) is 10.7 Å². The van der Waals surface area contributed by atoms with Gasteiger partial charge in [-0.15, -0.1) is 0 Å². The summed E-state index contributed by atoms with van der Waals surface area (Å²) in [7, 11) is -2.24. The number of hydrogen-bond acceptors (Lipinski definition) is 10. The molecule has 2 aromatic heterocycles. The third-order valence-electron chi connectivity index (χ3n) is 7.23. The van der Waals surface area contributed by atoms with Crippen molar-refractivity contribution in [1.82, 2.24) is 9.97 Å². The lowest BCUT2D eigenvalue weighted by atomic mass is 10.1. The second-order valence-corrected chi connectivity index (χ2v) is 14.4. The van der Waals surface area contributed by atoms with Crippen molar-refractivity contribution < 1.29 is 31.7 Å². The third kappa shape index (κ3) is 8.90. The summed E-state index contributed by atoms with van der Waals surface area (Å²) in [5.74, 6) is -0.513. The van der Waals surface area contributed by atoms with Gasteiger partial charge in [-0.1, -0.05) is 47.2 Å². The minimum absolute atomic E-state index is 0.00626. The Morgan fingerprint density at radius 2 is 1.78 bits per heavy atom. The molecule has 16 heteroatoms. The molecule has 1 aliphatic carbocycles. The van der Waals surface area contributed by atoms with E-state index in [0.717, 1.165) is 12.8 Å². The molecule has 5 aromatic rings. The van der Waals surface area contributed by atoms with Gasteiger partial charge in [0.05, 0.1) is 21.2 Å². The van der Waals surface area contributed by atoms with Crippen molar-refractivity contribution in [2.45, 2.75) is 37.2 Å². The summed E-state index contributed by atoms with van der Waals surface area (Å²) in [6.45, 7) is 3.14. The Balaban J connectivity index is 0.000000418. The van der Waals surface area contributed by atoms with Crippen molar-refractivity contribution in [3.05, 3.63) is 95.3 Å². The van der Waals surface area contributed by atoms with Crippen LogP contribution in [0.2, 0.25) is 5.02 Å². The highest BCUT2D eigenvalue weighted by Crippen LogP contribution is 2.35. The van der Waals surface area contributed by atoms with Crippen molar-refractivity contribution in [3.63, 3.8) is 0 Å². The Labute approximate surface area is 296 Å². The normalized spacial score (nSPS) is 12.7. The maximum absolute atomic E-state index is 14.8. The van der Waals surface area contributed by atoms with E-state index in [1.54, 1.807) is 74.3 Å². The van der Waals surface area contributed by atoms with Gasteiger partial charge in [0.2, 0.25) is 5.91 Å². The Kier molecular flexibility index (Phi) is 10.7. The Morgan fingerprint density at radius 1 is 1.06 bits per heavy atom. The number of pyridine rings is 1. The molecule has 1 saturated carbocycles. The number of rotatable bonds is 9. The van der Waals surface area contributed by atoms with Crippen LogP contribution in [0.3, 0.4) is 0 Å². The van der Waals surface area contributed by atoms with Crippen LogP contribution in [0.4, 0.5) is 26.7 Å². The van der Waals surface area contributed by atoms with Crippen LogP contribution < -0.4 is 20.3 Å². The lowest BCUT2D eigenvalue weighted by Gasteiger charge is -2.20. The molecule has 0 spiro atoms. The van der Waals surface area contributed by atoms with Crippen molar-refractivity contribution >= 4 is 77.5 Å². The molecule has 3 aromatic carbocycles. The van der Waals surface area contributed by atoms with E-state index >= 15 is 0 Å². The summed E-state index contributed by atoms with van der Waals surface area (Å²) in [6, 6.07) is 21.9. The molecule has 0 saturated heterocycles. The second kappa shape index (κ2) is 14.8. The van der Waals surface area contributed by atoms with E-state index in [1.807, 2.05) is 6.07 Å². The summed E-state index contributed by atoms with van der Waals surface area (Å²) in [6.07, 6.45) is 1.80. The molecule has 6 rings (SSSR count). The molecule has 2 heterocycles. The van der Waals surface area contributed by atoms with Gasteiger partial charge >= 0.3 is 0 Å². The first kappa shape index (κ1) is 36.1. The summed E-state index contributed by atoms with van der Waals surface area (Å²) in [5, 5.41) is 15.2. The number of thiazole rings is 1. The highest BCUT2D eigenvalue weighted by molar-refractivity contribution is 7.85. The molecule has 0 unspecified atom stereocenters. The molecule has 0 atom stereocenters. The van der Waals surface area contributed by atoms with Gasteiger partial charge < -0.3 is 20.3 Å². The van der Waals surface area contributed by atoms with Gasteiger partial charge in [-0.25, -0.2) is 14.4 Å². The van der Waals surface area contributed by atoms with E-state index in [-0.39, 0.29) is 38.7 Å². The third-order valence-corrected chi connectivity index (χ3v) is 9.37. The quantitative estimate of drug-likeness (QED) is 0.129. The average molecular weight is 737 g/mol. The molecule has 0 bridgehead atoms. The van der Waals surface area contributed by atoms with Crippen LogP contribution >= 0.6 is 22.9 Å². The number of nitrogens with one attached hydrogen (secondary N) is 2. The summed E-state index contributed by atoms with van der Waals surface area (Å²) < 4.78 is 49.6. The van der Waals surface area contributed by atoms with Gasteiger partial charge in [-0.2, -0.15) is 13.7 Å². The second-order valence-electron chi connectivity index (χ2n) is 11.6. The Morgan fingerprint density at radius 3 is 2.42 bits per heavy atom. The molecule has 258 valence electrons. The lowest BCUT2D eigenvalue weighted by Crippen LogP contribution is -2.26. The number of nitrogens with zero attached hydrogens (tertiary/aromatic N) is 4. The number of ether oxygens (including phenoxy) is 1. The van der Waals surface area contributed by atoms with Crippen LogP contribution in [0, 0.1) is 23.1 Å². The minimum atomic E-state index is -4.00. The highest BCUT2D eigenvalue weighted by Gasteiger charge is 2.30. The van der Waals surface area contributed by atoms with Crippen LogP contribution in [0.1, 0.15) is 37.0 Å². The Bertz CT molecular complexity index is 2220. The topological polar surface area (TPSA) is 175 Å². The number of aromatic nitrogens is 2. The van der Waals surface area contributed by atoms with Crippen molar-refractivity contribution in [2.75, 3.05) is 22.6 Å². The molecule has 3 N–H and O–H groups in total. The molecule has 2 amide bonds. The fourth-order valence-corrected chi connectivity index (χ4v) is 5.98. The zero-order valence-corrected chi connectivity index (χ0v) is 29.2. The predicted octanol–water partition coefficient (Wildman–Crippen LogP) is 7.47. The van der Waals surface area contributed by atoms with E-state index in [4.69, 9.17) is 20.9 Å². The van der Waals surface area contributed by atoms with E-state index in [2.05, 4.69) is 20.6 Å². The number of benzene rings is 3. The first-order valence-electron chi connectivity index (χ1n) is 15.0. The molecule has 0 aliphatic heterocycles. The van der Waals surface area contributed by atoms with E-state index < -0.39 is 27.4 Å². The molecular weight excluding hydrogens is 707 g/mol. The zero-order chi connectivity index (χ0) is 36.2. The van der Waals surface area contributed by atoms with Gasteiger partial charge in [0.25, 0.3) is 16.0 Å². The number of carbonyl (C=O) groups is 2. The van der Waals surface area contributed by atoms with E-state index in [1.165, 1.54) is 41.7 Å². The first-order valence-corrected chi connectivity index (χ1v) is 17.6. The number of fused-ring (bicyclic) bond motifs is 1. The van der Waals surface area contributed by atoms with Gasteiger partial charge in [0.1, 0.15) is 33.8 Å². The van der Waals surface area contributed by atoms with Crippen LogP contribution in [-0.2, 0) is 14.9 Å². The van der Waals surface area contributed by atoms with Crippen molar-refractivity contribution in [1.29, 1.82) is 5.26 Å². The molecule has 1 aliphatic rings.